The molecular formula is C13H19N3O. The Balaban J connectivity index is 2.71. The quantitative estimate of drug-likeness (QED) is 0.680. The predicted octanol–water partition coefficient (Wildman–Crippen LogP) is 2.10. The summed E-state index contributed by atoms with van der Waals surface area (Å²) >= 11 is 0. The van der Waals surface area contributed by atoms with Crippen LogP contribution in [0.3, 0.4) is 0 Å². The van der Waals surface area contributed by atoms with Gasteiger partial charge in [-0.25, -0.2) is 0 Å². The van der Waals surface area contributed by atoms with E-state index >= 15 is 0 Å². The number of hydrogen-bond acceptors (Lipinski definition) is 4. The van der Waals surface area contributed by atoms with E-state index in [2.05, 4.69) is 5.32 Å². The number of rotatable bonds is 5. The third-order valence-corrected chi connectivity index (χ3v) is 3.11. The van der Waals surface area contributed by atoms with Crippen LogP contribution in [0.4, 0.5) is 11.4 Å². The van der Waals surface area contributed by atoms with Gasteiger partial charge in [0.2, 0.25) is 0 Å². The van der Waals surface area contributed by atoms with E-state index in [-0.39, 0.29) is 0 Å². The minimum atomic E-state index is -0.692. The van der Waals surface area contributed by atoms with Gasteiger partial charge >= 0.3 is 0 Å². The Kier molecular flexibility index (Phi) is 4.36. The van der Waals surface area contributed by atoms with Crippen molar-refractivity contribution in [2.24, 2.45) is 0 Å². The lowest BCUT2D eigenvalue weighted by Crippen LogP contribution is -2.35. The van der Waals surface area contributed by atoms with E-state index in [0.29, 0.717) is 30.6 Å². The predicted molar refractivity (Wildman–Crippen MR) is 69.6 cm³/mol. The fourth-order valence-electron chi connectivity index (χ4n) is 1.54. The summed E-state index contributed by atoms with van der Waals surface area (Å²) in [5.74, 6) is 0. The maximum Gasteiger partial charge on any atom is 0.101 e. The summed E-state index contributed by atoms with van der Waals surface area (Å²) in [5, 5.41) is 22.0. The third kappa shape index (κ3) is 3.36. The average Bonchev–Trinajstić information content (AvgIpc) is 2.36. The molecule has 4 heteroatoms. The minimum absolute atomic E-state index is 0.453. The highest BCUT2D eigenvalue weighted by Crippen LogP contribution is 2.20. The second-order valence-electron chi connectivity index (χ2n) is 4.20. The number of benzene rings is 1. The molecule has 0 unspecified atom stereocenters. The number of nitrogens with zero attached hydrogens (tertiary/aromatic N) is 1. The van der Waals surface area contributed by atoms with E-state index in [4.69, 9.17) is 11.0 Å². The second-order valence-corrected chi connectivity index (χ2v) is 4.20. The van der Waals surface area contributed by atoms with Gasteiger partial charge in [-0.05, 0) is 31.0 Å². The highest BCUT2D eigenvalue weighted by molar-refractivity contribution is 5.62. The Morgan fingerprint density at radius 2 is 2.06 bits per heavy atom. The van der Waals surface area contributed by atoms with Gasteiger partial charge in [0.05, 0.1) is 16.9 Å². The van der Waals surface area contributed by atoms with Crippen LogP contribution in [0, 0.1) is 11.3 Å². The molecule has 0 spiro atoms. The van der Waals surface area contributed by atoms with E-state index in [1.54, 1.807) is 18.2 Å². The van der Waals surface area contributed by atoms with Crippen molar-refractivity contribution in [3.8, 4) is 6.07 Å². The lowest BCUT2D eigenvalue weighted by molar-refractivity contribution is 0.0457. The van der Waals surface area contributed by atoms with Gasteiger partial charge in [-0.1, -0.05) is 13.8 Å². The molecule has 0 bridgehead atoms. The molecule has 0 heterocycles. The van der Waals surface area contributed by atoms with Gasteiger partial charge in [-0.3, -0.25) is 0 Å². The summed E-state index contributed by atoms with van der Waals surface area (Å²) in [7, 11) is 0. The van der Waals surface area contributed by atoms with Gasteiger partial charge in [0.1, 0.15) is 6.07 Å². The van der Waals surface area contributed by atoms with Gasteiger partial charge in [-0.15, -0.1) is 0 Å². The summed E-state index contributed by atoms with van der Waals surface area (Å²) in [6, 6.07) is 7.20. The molecule has 17 heavy (non-hydrogen) atoms. The molecule has 0 atom stereocenters. The minimum Gasteiger partial charge on any atom is -0.398 e. The largest absolute Gasteiger partial charge is 0.398 e. The Labute approximate surface area is 102 Å². The van der Waals surface area contributed by atoms with Crippen LogP contribution in [0.1, 0.15) is 32.3 Å². The van der Waals surface area contributed by atoms with Crippen LogP contribution in [-0.2, 0) is 0 Å². The smallest absolute Gasteiger partial charge is 0.101 e. The molecule has 0 fully saturated rings. The molecule has 4 N–H and O–H groups in total. The molecule has 0 aliphatic carbocycles. The van der Waals surface area contributed by atoms with Crippen LogP contribution >= 0.6 is 0 Å². The van der Waals surface area contributed by atoms with E-state index in [0.717, 1.165) is 5.69 Å². The first-order valence-electron chi connectivity index (χ1n) is 5.80. The molecule has 0 saturated carbocycles. The monoisotopic (exact) mass is 233 g/mol. The molecule has 0 saturated heterocycles. The van der Waals surface area contributed by atoms with E-state index in [1.165, 1.54) is 0 Å². The SMILES string of the molecule is CCC(O)(CC)CNc1ccc(C#N)c(N)c1. The van der Waals surface area contributed by atoms with Crippen LogP contribution < -0.4 is 11.1 Å². The van der Waals surface area contributed by atoms with E-state index < -0.39 is 5.60 Å². The summed E-state index contributed by atoms with van der Waals surface area (Å²) in [6.45, 7) is 4.39. The van der Waals surface area contributed by atoms with Gasteiger partial charge in [0, 0.05) is 12.2 Å². The van der Waals surface area contributed by atoms with Gasteiger partial charge in [0.25, 0.3) is 0 Å². The summed E-state index contributed by atoms with van der Waals surface area (Å²) in [4.78, 5) is 0. The molecule has 1 aromatic rings. The van der Waals surface area contributed by atoms with Crippen molar-refractivity contribution in [1.29, 1.82) is 5.26 Å². The van der Waals surface area contributed by atoms with Gasteiger partial charge < -0.3 is 16.2 Å². The zero-order valence-electron chi connectivity index (χ0n) is 10.3. The Bertz CT molecular complexity index is 419. The number of hydrogen-bond donors (Lipinski definition) is 3. The molecular weight excluding hydrogens is 214 g/mol. The molecule has 1 rings (SSSR count). The van der Waals surface area contributed by atoms with Crippen LogP contribution in [0.25, 0.3) is 0 Å². The number of nitriles is 1. The molecule has 0 aromatic heterocycles. The number of nitrogen functional groups attached to an aromatic ring is 1. The van der Waals surface area contributed by atoms with Crippen molar-refractivity contribution in [3.05, 3.63) is 23.8 Å². The average molecular weight is 233 g/mol. The summed E-state index contributed by atoms with van der Waals surface area (Å²) in [6.07, 6.45) is 1.39. The van der Waals surface area contributed by atoms with Crippen molar-refractivity contribution in [2.75, 3.05) is 17.6 Å². The molecule has 92 valence electrons. The van der Waals surface area contributed by atoms with Crippen LogP contribution in [0.5, 0.6) is 0 Å². The van der Waals surface area contributed by atoms with Crippen LogP contribution in [-0.4, -0.2) is 17.3 Å². The molecule has 0 aliphatic rings. The van der Waals surface area contributed by atoms with Crippen LogP contribution in [0.15, 0.2) is 18.2 Å². The fraction of sp³-hybridized carbons (Fsp3) is 0.462. The Morgan fingerprint density at radius 1 is 1.41 bits per heavy atom. The van der Waals surface area contributed by atoms with Crippen molar-refractivity contribution < 1.29 is 5.11 Å². The zero-order valence-corrected chi connectivity index (χ0v) is 10.3. The Hall–Kier alpha value is -1.73. The maximum absolute atomic E-state index is 10.1. The zero-order chi connectivity index (χ0) is 12.9. The van der Waals surface area contributed by atoms with Gasteiger partial charge in [0.15, 0.2) is 0 Å². The first-order valence-corrected chi connectivity index (χ1v) is 5.80. The van der Waals surface area contributed by atoms with Crippen molar-refractivity contribution in [2.45, 2.75) is 32.3 Å². The number of aliphatic hydroxyl groups is 1. The number of nitrogens with one attached hydrogen (secondary N) is 1. The molecule has 0 amide bonds. The first kappa shape index (κ1) is 13.3. The highest BCUT2D eigenvalue weighted by atomic mass is 16.3. The normalized spacial score (nSPS) is 10.9. The van der Waals surface area contributed by atoms with E-state index in [1.807, 2.05) is 19.9 Å². The van der Waals surface area contributed by atoms with Crippen molar-refractivity contribution in [1.82, 2.24) is 0 Å². The second kappa shape index (κ2) is 5.55. The standard InChI is InChI=1S/C13H19N3O/c1-3-13(17,4-2)9-16-11-6-5-10(8-14)12(15)7-11/h5-7,16-17H,3-4,9,15H2,1-2H3. The van der Waals surface area contributed by atoms with E-state index in [9.17, 15) is 5.11 Å². The number of nitrogens with two attached hydrogens (primary N) is 1. The number of anilines is 2. The first-order chi connectivity index (χ1) is 8.04. The summed E-state index contributed by atoms with van der Waals surface area (Å²) in [5.41, 5.74) is 6.76. The lowest BCUT2D eigenvalue weighted by atomic mass is 9.97. The van der Waals surface area contributed by atoms with Crippen molar-refractivity contribution >= 4 is 11.4 Å². The fourth-order valence-corrected chi connectivity index (χ4v) is 1.54. The summed E-state index contributed by atoms with van der Waals surface area (Å²) < 4.78 is 0. The maximum atomic E-state index is 10.1. The molecule has 0 aliphatic heterocycles. The molecule has 0 radical (unpaired) electrons. The van der Waals surface area contributed by atoms with Crippen LogP contribution in [0.2, 0.25) is 0 Å². The Morgan fingerprint density at radius 3 is 2.53 bits per heavy atom. The third-order valence-electron chi connectivity index (χ3n) is 3.11. The van der Waals surface area contributed by atoms with Crippen molar-refractivity contribution in [3.63, 3.8) is 0 Å². The topological polar surface area (TPSA) is 82.1 Å². The molecule has 4 nitrogen and oxygen atoms in total. The molecule has 1 aromatic carbocycles. The van der Waals surface area contributed by atoms with Gasteiger partial charge in [-0.2, -0.15) is 5.26 Å². The lowest BCUT2D eigenvalue weighted by Gasteiger charge is -2.26. The highest BCUT2D eigenvalue weighted by Gasteiger charge is 2.21.